The third-order valence-corrected chi connectivity index (χ3v) is 5.19. The Kier molecular flexibility index (Phi) is 4.61. The molecule has 1 N–H and O–H groups in total. The van der Waals surface area contributed by atoms with Crippen molar-refractivity contribution in [3.63, 3.8) is 0 Å². The normalized spacial score (nSPS) is 19.0. The van der Waals surface area contributed by atoms with Crippen molar-refractivity contribution in [2.24, 2.45) is 5.92 Å². The van der Waals surface area contributed by atoms with E-state index in [4.69, 9.17) is 0 Å². The zero-order chi connectivity index (χ0) is 15.5. The molecule has 0 atom stereocenters. The minimum Gasteiger partial charge on any atom is -0.341 e. The molecule has 0 unspecified atom stereocenters. The van der Waals surface area contributed by atoms with Gasteiger partial charge in [-0.05, 0) is 25.7 Å². The van der Waals surface area contributed by atoms with Crippen LogP contribution >= 0.6 is 11.3 Å². The number of nitrogens with zero attached hydrogens (tertiary/aromatic N) is 3. The number of amides is 3. The number of carbonyl (C=O) groups excluding carboxylic acids is 2. The van der Waals surface area contributed by atoms with Crippen molar-refractivity contribution in [3.05, 3.63) is 11.1 Å². The largest absolute Gasteiger partial charge is 0.341 e. The molecule has 1 saturated heterocycles. The monoisotopic (exact) mass is 322 g/mol. The minimum atomic E-state index is -0.113. The summed E-state index contributed by atoms with van der Waals surface area (Å²) in [5, 5.41) is 3.51. The van der Waals surface area contributed by atoms with Crippen molar-refractivity contribution in [1.82, 2.24) is 14.8 Å². The first kappa shape index (κ1) is 15.3. The van der Waals surface area contributed by atoms with Crippen LogP contribution in [0.4, 0.5) is 9.93 Å². The van der Waals surface area contributed by atoms with Gasteiger partial charge in [-0.2, -0.15) is 0 Å². The van der Waals surface area contributed by atoms with Gasteiger partial charge in [0.15, 0.2) is 5.13 Å². The van der Waals surface area contributed by atoms with Crippen LogP contribution in [0.5, 0.6) is 0 Å². The molecule has 6 nitrogen and oxygen atoms in total. The first-order valence-electron chi connectivity index (χ1n) is 7.96. The van der Waals surface area contributed by atoms with E-state index >= 15 is 0 Å². The maximum Gasteiger partial charge on any atom is 0.323 e. The van der Waals surface area contributed by atoms with E-state index in [0.717, 1.165) is 37.1 Å². The van der Waals surface area contributed by atoms with E-state index in [1.165, 1.54) is 11.3 Å². The van der Waals surface area contributed by atoms with Crippen molar-refractivity contribution >= 4 is 28.4 Å². The average Bonchev–Trinajstić information content (AvgIpc) is 3.31. The summed E-state index contributed by atoms with van der Waals surface area (Å²) in [6, 6.07) is -0.113. The molecular formula is C15H22N4O2S. The van der Waals surface area contributed by atoms with E-state index in [0.29, 0.717) is 24.8 Å². The standard InChI is InChI=1S/C15H22N4O2S/c1-2-12-10-16-14(22-12)17-15(21)19-7-3-6-18(8-9-19)13(20)11-4-5-11/h10-11H,2-9H2,1H3,(H,16,17,21). The lowest BCUT2D eigenvalue weighted by Crippen LogP contribution is -2.39. The van der Waals surface area contributed by atoms with E-state index in [9.17, 15) is 9.59 Å². The molecule has 22 heavy (non-hydrogen) atoms. The number of nitrogens with one attached hydrogen (secondary N) is 1. The van der Waals surface area contributed by atoms with Crippen molar-refractivity contribution < 1.29 is 9.59 Å². The molecule has 1 aliphatic carbocycles. The van der Waals surface area contributed by atoms with Gasteiger partial charge in [0.2, 0.25) is 5.91 Å². The van der Waals surface area contributed by atoms with Gasteiger partial charge in [0.1, 0.15) is 0 Å². The Morgan fingerprint density at radius 3 is 2.68 bits per heavy atom. The zero-order valence-electron chi connectivity index (χ0n) is 12.9. The molecule has 7 heteroatoms. The molecule has 0 aromatic carbocycles. The summed E-state index contributed by atoms with van der Waals surface area (Å²) in [5.74, 6) is 0.526. The van der Waals surface area contributed by atoms with Crippen LogP contribution < -0.4 is 5.32 Å². The maximum absolute atomic E-state index is 12.3. The Bertz CT molecular complexity index is 555. The smallest absolute Gasteiger partial charge is 0.323 e. The Balaban J connectivity index is 1.53. The first-order valence-corrected chi connectivity index (χ1v) is 8.78. The lowest BCUT2D eigenvalue weighted by atomic mass is 10.3. The Labute approximate surface area is 134 Å². The predicted octanol–water partition coefficient (Wildman–Crippen LogP) is 2.18. The van der Waals surface area contributed by atoms with E-state index in [1.54, 1.807) is 11.1 Å². The fraction of sp³-hybridized carbons (Fsp3) is 0.667. The van der Waals surface area contributed by atoms with Gasteiger partial charge in [-0.1, -0.05) is 6.92 Å². The van der Waals surface area contributed by atoms with E-state index in [1.807, 2.05) is 4.90 Å². The van der Waals surface area contributed by atoms with Gasteiger partial charge in [0, 0.05) is 43.2 Å². The van der Waals surface area contributed by atoms with E-state index in [2.05, 4.69) is 17.2 Å². The Morgan fingerprint density at radius 1 is 1.27 bits per heavy atom. The Morgan fingerprint density at radius 2 is 2.00 bits per heavy atom. The van der Waals surface area contributed by atoms with Gasteiger partial charge < -0.3 is 9.80 Å². The highest BCUT2D eigenvalue weighted by atomic mass is 32.1. The molecule has 2 fully saturated rings. The molecule has 1 aromatic rings. The van der Waals surface area contributed by atoms with Gasteiger partial charge in [-0.25, -0.2) is 9.78 Å². The highest BCUT2D eigenvalue weighted by Crippen LogP contribution is 2.31. The number of carbonyl (C=O) groups is 2. The van der Waals surface area contributed by atoms with Crippen LogP contribution in [-0.2, 0) is 11.2 Å². The number of rotatable bonds is 3. The zero-order valence-corrected chi connectivity index (χ0v) is 13.7. The number of aromatic nitrogens is 1. The number of hydrogen-bond donors (Lipinski definition) is 1. The quantitative estimate of drug-likeness (QED) is 0.927. The molecule has 120 valence electrons. The van der Waals surface area contributed by atoms with Crippen LogP contribution in [0.3, 0.4) is 0 Å². The van der Waals surface area contributed by atoms with Crippen molar-refractivity contribution in [2.75, 3.05) is 31.5 Å². The van der Waals surface area contributed by atoms with Gasteiger partial charge in [-0.15, -0.1) is 11.3 Å². The number of hydrogen-bond acceptors (Lipinski definition) is 4. The summed E-state index contributed by atoms with van der Waals surface area (Å²) in [6.45, 7) is 4.75. The average molecular weight is 322 g/mol. The fourth-order valence-electron chi connectivity index (χ4n) is 2.63. The van der Waals surface area contributed by atoms with Crippen LogP contribution in [0, 0.1) is 5.92 Å². The molecule has 3 amide bonds. The lowest BCUT2D eigenvalue weighted by molar-refractivity contribution is -0.132. The minimum absolute atomic E-state index is 0.113. The molecule has 1 saturated carbocycles. The second-order valence-corrected chi connectivity index (χ2v) is 6.97. The van der Waals surface area contributed by atoms with Crippen LogP contribution in [-0.4, -0.2) is 52.9 Å². The second kappa shape index (κ2) is 6.64. The highest BCUT2D eigenvalue weighted by Gasteiger charge is 2.34. The van der Waals surface area contributed by atoms with Crippen LogP contribution in [0.25, 0.3) is 0 Å². The van der Waals surface area contributed by atoms with Crippen molar-refractivity contribution in [2.45, 2.75) is 32.6 Å². The summed E-state index contributed by atoms with van der Waals surface area (Å²) in [5.41, 5.74) is 0. The molecule has 0 radical (unpaired) electrons. The first-order chi connectivity index (χ1) is 10.7. The Hall–Kier alpha value is -1.63. The van der Waals surface area contributed by atoms with Gasteiger partial charge >= 0.3 is 6.03 Å². The summed E-state index contributed by atoms with van der Waals surface area (Å²) in [6.07, 6.45) is 5.63. The number of aryl methyl sites for hydroxylation is 1. The summed E-state index contributed by atoms with van der Waals surface area (Å²) in [7, 11) is 0. The SMILES string of the molecule is CCc1cnc(NC(=O)N2CCCN(C(=O)C3CC3)CC2)s1. The third kappa shape index (κ3) is 3.58. The summed E-state index contributed by atoms with van der Waals surface area (Å²) in [4.78, 5) is 33.5. The fourth-order valence-corrected chi connectivity index (χ4v) is 3.37. The highest BCUT2D eigenvalue weighted by molar-refractivity contribution is 7.15. The predicted molar refractivity (Wildman–Crippen MR) is 86.0 cm³/mol. The van der Waals surface area contributed by atoms with Crippen LogP contribution in [0.1, 0.15) is 31.1 Å². The summed E-state index contributed by atoms with van der Waals surface area (Å²) < 4.78 is 0. The molecular weight excluding hydrogens is 300 g/mol. The van der Waals surface area contributed by atoms with E-state index < -0.39 is 0 Å². The van der Waals surface area contributed by atoms with Crippen molar-refractivity contribution in [1.29, 1.82) is 0 Å². The molecule has 1 aromatic heterocycles. The molecule has 1 aliphatic heterocycles. The van der Waals surface area contributed by atoms with E-state index in [-0.39, 0.29) is 17.9 Å². The topological polar surface area (TPSA) is 65.5 Å². The molecule has 3 rings (SSSR count). The number of urea groups is 1. The number of thiazole rings is 1. The molecule has 2 heterocycles. The van der Waals surface area contributed by atoms with Gasteiger partial charge in [0.25, 0.3) is 0 Å². The van der Waals surface area contributed by atoms with Crippen molar-refractivity contribution in [3.8, 4) is 0 Å². The molecule has 2 aliphatic rings. The second-order valence-electron chi connectivity index (χ2n) is 5.86. The third-order valence-electron chi connectivity index (χ3n) is 4.14. The van der Waals surface area contributed by atoms with Gasteiger partial charge in [-0.3, -0.25) is 10.1 Å². The molecule has 0 bridgehead atoms. The molecule has 0 spiro atoms. The maximum atomic E-state index is 12.3. The van der Waals surface area contributed by atoms with Crippen LogP contribution in [0.15, 0.2) is 6.20 Å². The van der Waals surface area contributed by atoms with Crippen LogP contribution in [0.2, 0.25) is 0 Å². The summed E-state index contributed by atoms with van der Waals surface area (Å²) >= 11 is 1.51. The van der Waals surface area contributed by atoms with Gasteiger partial charge in [0.05, 0.1) is 0 Å². The lowest BCUT2D eigenvalue weighted by Gasteiger charge is -2.22. The number of anilines is 1.